The number of rotatable bonds is 9. The van der Waals surface area contributed by atoms with Crippen molar-refractivity contribution in [2.45, 2.75) is 58.9 Å². The maximum Gasteiger partial charge on any atom is 0.152 e. The second-order valence-corrected chi connectivity index (χ2v) is 6.08. The third-order valence-electron chi connectivity index (χ3n) is 3.87. The Morgan fingerprint density at radius 2 is 1.87 bits per heavy atom. The molecule has 0 saturated heterocycles. The Bertz CT molecular complexity index is 583. The molecule has 4 heteroatoms. The number of nitrogens with one attached hydrogen (secondary N) is 2. The molecule has 0 aliphatic rings. The molecule has 0 aliphatic carbocycles. The molecular weight excluding hydrogens is 284 g/mol. The second-order valence-electron chi connectivity index (χ2n) is 6.08. The van der Waals surface area contributed by atoms with Gasteiger partial charge in [0.25, 0.3) is 0 Å². The van der Waals surface area contributed by atoms with Crippen molar-refractivity contribution in [2.24, 2.45) is 0 Å². The third kappa shape index (κ3) is 5.89. The summed E-state index contributed by atoms with van der Waals surface area (Å²) in [5.41, 5.74) is 1.92. The maximum atomic E-state index is 4.62. The summed E-state index contributed by atoms with van der Waals surface area (Å²) in [6.45, 7) is 6.43. The Morgan fingerprint density at radius 3 is 2.57 bits per heavy atom. The van der Waals surface area contributed by atoms with Gasteiger partial charge in [-0.2, -0.15) is 0 Å². The highest BCUT2D eigenvalue weighted by Crippen LogP contribution is 2.18. The van der Waals surface area contributed by atoms with E-state index < -0.39 is 0 Å². The van der Waals surface area contributed by atoms with Crippen LogP contribution in [0.4, 0.5) is 17.3 Å². The molecule has 1 unspecified atom stereocenters. The molecule has 2 rings (SSSR count). The first-order valence-corrected chi connectivity index (χ1v) is 8.61. The van der Waals surface area contributed by atoms with Gasteiger partial charge in [-0.05, 0) is 32.4 Å². The lowest BCUT2D eigenvalue weighted by Crippen LogP contribution is -2.16. The van der Waals surface area contributed by atoms with E-state index >= 15 is 0 Å². The van der Waals surface area contributed by atoms with Crippen molar-refractivity contribution in [1.82, 2.24) is 9.97 Å². The van der Waals surface area contributed by atoms with Crippen LogP contribution in [0.1, 0.15) is 51.6 Å². The number of nitrogens with zero attached hydrogens (tertiary/aromatic N) is 2. The van der Waals surface area contributed by atoms with Gasteiger partial charge in [0.15, 0.2) is 5.82 Å². The van der Waals surface area contributed by atoms with Crippen molar-refractivity contribution >= 4 is 17.3 Å². The van der Waals surface area contributed by atoms with E-state index in [1.165, 1.54) is 32.1 Å². The molecule has 23 heavy (non-hydrogen) atoms. The molecule has 0 saturated carbocycles. The van der Waals surface area contributed by atoms with Gasteiger partial charge in [-0.25, -0.2) is 9.97 Å². The number of aryl methyl sites for hydroxylation is 1. The van der Waals surface area contributed by atoms with Crippen molar-refractivity contribution in [3.63, 3.8) is 0 Å². The molecule has 4 nitrogen and oxygen atoms in total. The Hall–Kier alpha value is -2.10. The fraction of sp³-hybridized carbons (Fsp3) is 0.474. The molecular formula is C19H28N4. The lowest BCUT2D eigenvalue weighted by molar-refractivity contribution is 0.592. The lowest BCUT2D eigenvalue weighted by atomic mass is 10.1. The standard InChI is InChI=1S/C19H28N4/c1-4-5-6-8-11-15(2)21-18-14-20-19(16(3)22-18)23-17-12-9-7-10-13-17/h7,9-10,12-15H,4-6,8,11H2,1-3H3,(H,20,23)(H,21,22). The molecule has 0 radical (unpaired) electrons. The number of para-hydroxylation sites is 1. The van der Waals surface area contributed by atoms with Gasteiger partial charge >= 0.3 is 0 Å². The van der Waals surface area contributed by atoms with Gasteiger partial charge in [0.1, 0.15) is 5.82 Å². The van der Waals surface area contributed by atoms with Gasteiger partial charge in [0.2, 0.25) is 0 Å². The predicted molar refractivity (Wildman–Crippen MR) is 98.3 cm³/mol. The molecule has 0 amide bonds. The highest BCUT2D eigenvalue weighted by atomic mass is 15.1. The van der Waals surface area contributed by atoms with E-state index in [1.54, 1.807) is 6.20 Å². The molecule has 0 fully saturated rings. The average Bonchev–Trinajstić information content (AvgIpc) is 2.55. The second kappa shape index (κ2) is 9.13. The fourth-order valence-corrected chi connectivity index (χ4v) is 2.53. The smallest absolute Gasteiger partial charge is 0.152 e. The molecule has 0 aliphatic heterocycles. The third-order valence-corrected chi connectivity index (χ3v) is 3.87. The van der Waals surface area contributed by atoms with E-state index in [1.807, 2.05) is 37.3 Å². The highest BCUT2D eigenvalue weighted by molar-refractivity contribution is 5.58. The van der Waals surface area contributed by atoms with E-state index in [0.29, 0.717) is 6.04 Å². The van der Waals surface area contributed by atoms with Crippen LogP contribution in [-0.2, 0) is 0 Å². The quantitative estimate of drug-likeness (QED) is 0.617. The summed E-state index contributed by atoms with van der Waals surface area (Å²) < 4.78 is 0. The first kappa shape index (κ1) is 17.3. The van der Waals surface area contributed by atoms with Gasteiger partial charge in [-0.3, -0.25) is 0 Å². The van der Waals surface area contributed by atoms with Gasteiger partial charge in [-0.1, -0.05) is 50.8 Å². The summed E-state index contributed by atoms with van der Waals surface area (Å²) in [5.74, 6) is 1.65. The zero-order valence-corrected chi connectivity index (χ0v) is 14.5. The van der Waals surface area contributed by atoms with E-state index in [-0.39, 0.29) is 0 Å². The van der Waals surface area contributed by atoms with Crippen LogP contribution in [-0.4, -0.2) is 16.0 Å². The first-order valence-electron chi connectivity index (χ1n) is 8.61. The predicted octanol–water partition coefficient (Wildman–Crippen LogP) is 5.30. The van der Waals surface area contributed by atoms with Crippen LogP contribution in [0.3, 0.4) is 0 Å². The van der Waals surface area contributed by atoms with Crippen LogP contribution in [0.2, 0.25) is 0 Å². The van der Waals surface area contributed by atoms with Crippen LogP contribution >= 0.6 is 0 Å². The largest absolute Gasteiger partial charge is 0.366 e. The van der Waals surface area contributed by atoms with Crippen molar-refractivity contribution < 1.29 is 0 Å². The number of hydrogen-bond acceptors (Lipinski definition) is 4. The minimum atomic E-state index is 0.425. The lowest BCUT2D eigenvalue weighted by Gasteiger charge is -2.15. The molecule has 1 aromatic heterocycles. The number of aromatic nitrogens is 2. The summed E-state index contributed by atoms with van der Waals surface area (Å²) >= 11 is 0. The summed E-state index contributed by atoms with van der Waals surface area (Å²) in [6, 6.07) is 10.5. The van der Waals surface area contributed by atoms with Crippen molar-refractivity contribution in [3.8, 4) is 0 Å². The molecule has 2 N–H and O–H groups in total. The molecule has 1 heterocycles. The van der Waals surface area contributed by atoms with Crippen LogP contribution in [0.5, 0.6) is 0 Å². The summed E-state index contributed by atoms with van der Waals surface area (Å²) in [7, 11) is 0. The molecule has 1 atom stereocenters. The first-order chi connectivity index (χ1) is 11.2. The Balaban J connectivity index is 1.88. The van der Waals surface area contributed by atoms with Crippen LogP contribution in [0.15, 0.2) is 36.5 Å². The number of benzene rings is 1. The SMILES string of the molecule is CCCCCCC(C)Nc1cnc(Nc2ccccc2)c(C)n1. The van der Waals surface area contributed by atoms with Crippen LogP contribution < -0.4 is 10.6 Å². The van der Waals surface area contributed by atoms with Gasteiger partial charge in [-0.15, -0.1) is 0 Å². The van der Waals surface area contributed by atoms with Gasteiger partial charge < -0.3 is 10.6 Å². The van der Waals surface area contributed by atoms with Crippen LogP contribution in [0.25, 0.3) is 0 Å². The summed E-state index contributed by atoms with van der Waals surface area (Å²) in [4.78, 5) is 9.12. The zero-order chi connectivity index (χ0) is 16.5. The van der Waals surface area contributed by atoms with Gasteiger partial charge in [0, 0.05) is 11.7 Å². The number of anilines is 3. The maximum absolute atomic E-state index is 4.62. The van der Waals surface area contributed by atoms with E-state index in [2.05, 4.69) is 34.4 Å². The normalized spacial score (nSPS) is 12.0. The topological polar surface area (TPSA) is 49.8 Å². The Labute approximate surface area is 139 Å². The minimum absolute atomic E-state index is 0.425. The van der Waals surface area contributed by atoms with Crippen LogP contribution in [0, 0.1) is 6.92 Å². The highest BCUT2D eigenvalue weighted by Gasteiger charge is 2.07. The monoisotopic (exact) mass is 312 g/mol. The zero-order valence-electron chi connectivity index (χ0n) is 14.5. The molecule has 0 spiro atoms. The average molecular weight is 312 g/mol. The van der Waals surface area contributed by atoms with Crippen molar-refractivity contribution in [2.75, 3.05) is 10.6 Å². The van der Waals surface area contributed by atoms with E-state index in [4.69, 9.17) is 0 Å². The minimum Gasteiger partial charge on any atom is -0.366 e. The molecule has 124 valence electrons. The number of unbranched alkanes of at least 4 members (excludes halogenated alkanes) is 3. The number of hydrogen-bond donors (Lipinski definition) is 2. The van der Waals surface area contributed by atoms with E-state index in [0.717, 1.165) is 23.0 Å². The molecule has 0 bridgehead atoms. The summed E-state index contributed by atoms with van der Waals surface area (Å²) in [6.07, 6.45) is 8.16. The van der Waals surface area contributed by atoms with Crippen molar-refractivity contribution in [3.05, 3.63) is 42.2 Å². The summed E-state index contributed by atoms with van der Waals surface area (Å²) in [5, 5.41) is 6.75. The Kier molecular flexibility index (Phi) is 6.85. The Morgan fingerprint density at radius 1 is 1.09 bits per heavy atom. The van der Waals surface area contributed by atoms with Crippen molar-refractivity contribution in [1.29, 1.82) is 0 Å². The fourth-order valence-electron chi connectivity index (χ4n) is 2.53. The molecule has 1 aromatic carbocycles. The van der Waals surface area contributed by atoms with E-state index in [9.17, 15) is 0 Å². The molecule has 2 aromatic rings. The van der Waals surface area contributed by atoms with Gasteiger partial charge in [0.05, 0.1) is 11.9 Å².